The van der Waals surface area contributed by atoms with E-state index >= 15 is 0 Å². The van der Waals surface area contributed by atoms with Gasteiger partial charge in [0.25, 0.3) is 5.91 Å². The van der Waals surface area contributed by atoms with Crippen LogP contribution in [0.2, 0.25) is 0 Å². The zero-order valence-corrected chi connectivity index (χ0v) is 13.9. The largest absolute Gasteiger partial charge is 0.490 e. The summed E-state index contributed by atoms with van der Waals surface area (Å²) in [6.07, 6.45) is 0. The lowest BCUT2D eigenvalue weighted by atomic mass is 10.2. The highest BCUT2D eigenvalue weighted by Gasteiger charge is 2.12. The zero-order valence-electron chi connectivity index (χ0n) is 13.0. The third-order valence-corrected chi connectivity index (χ3v) is 4.13. The number of nitrogens with zero attached hydrogens (tertiary/aromatic N) is 1. The maximum atomic E-state index is 12.0. The van der Waals surface area contributed by atoms with Crippen molar-refractivity contribution in [1.29, 1.82) is 5.26 Å². The lowest BCUT2D eigenvalue weighted by molar-refractivity contribution is -0.123. The zero-order chi connectivity index (χ0) is 16.7. The number of nitrogens with one attached hydrogen (secondary N) is 1. The molecule has 6 heteroatoms. The number of thiophene rings is 1. The number of hydrogen-bond donors (Lipinski definition) is 1. The van der Waals surface area contributed by atoms with Gasteiger partial charge in [0.1, 0.15) is 0 Å². The van der Waals surface area contributed by atoms with Gasteiger partial charge < -0.3 is 14.8 Å². The molecule has 1 amide bonds. The van der Waals surface area contributed by atoms with Gasteiger partial charge in [-0.2, -0.15) is 5.26 Å². The van der Waals surface area contributed by atoms with Gasteiger partial charge in [-0.15, -0.1) is 11.3 Å². The molecule has 0 spiro atoms. The number of rotatable bonds is 7. The first-order valence-electron chi connectivity index (χ1n) is 7.26. The molecule has 2 aromatic rings. The molecule has 23 heavy (non-hydrogen) atoms. The van der Waals surface area contributed by atoms with Crippen LogP contribution in [0.4, 0.5) is 0 Å². The number of carbonyl (C=O) groups excluding carboxylic acids is 1. The summed E-state index contributed by atoms with van der Waals surface area (Å²) in [4.78, 5) is 13.1. The lowest BCUT2D eigenvalue weighted by Crippen LogP contribution is -2.30. The van der Waals surface area contributed by atoms with Crippen LogP contribution in [0, 0.1) is 11.3 Å². The summed E-state index contributed by atoms with van der Waals surface area (Å²) in [7, 11) is 0. The summed E-state index contributed by atoms with van der Waals surface area (Å²) in [5.74, 6) is 0.702. The van der Waals surface area contributed by atoms with Crippen molar-refractivity contribution in [2.24, 2.45) is 0 Å². The van der Waals surface area contributed by atoms with Crippen LogP contribution in [0.15, 0.2) is 35.7 Å². The fraction of sp³-hybridized carbons (Fsp3) is 0.294. The minimum Gasteiger partial charge on any atom is -0.490 e. The Balaban J connectivity index is 1.94. The lowest BCUT2D eigenvalue weighted by Gasteiger charge is -2.14. The number of nitriles is 1. The van der Waals surface area contributed by atoms with Crippen LogP contribution in [0.3, 0.4) is 0 Å². The Labute approximate surface area is 139 Å². The average molecular weight is 330 g/mol. The molecule has 0 saturated heterocycles. The molecule has 0 aliphatic carbocycles. The Morgan fingerprint density at radius 3 is 2.83 bits per heavy atom. The van der Waals surface area contributed by atoms with Crippen molar-refractivity contribution in [3.05, 3.63) is 46.2 Å². The topological polar surface area (TPSA) is 71.3 Å². The molecule has 1 atom stereocenters. The van der Waals surface area contributed by atoms with Crippen molar-refractivity contribution < 1.29 is 14.3 Å². The van der Waals surface area contributed by atoms with Gasteiger partial charge in [0, 0.05) is 10.9 Å². The summed E-state index contributed by atoms with van der Waals surface area (Å²) >= 11 is 1.59. The molecule has 1 unspecified atom stereocenters. The Hall–Kier alpha value is -2.52. The molecule has 0 radical (unpaired) electrons. The first-order chi connectivity index (χ1) is 11.1. The van der Waals surface area contributed by atoms with E-state index in [1.54, 1.807) is 29.5 Å². The van der Waals surface area contributed by atoms with Crippen molar-refractivity contribution in [3.8, 4) is 17.6 Å². The van der Waals surface area contributed by atoms with Crippen molar-refractivity contribution in [1.82, 2.24) is 5.32 Å². The van der Waals surface area contributed by atoms with Gasteiger partial charge >= 0.3 is 0 Å². The van der Waals surface area contributed by atoms with Crippen LogP contribution in [0.25, 0.3) is 0 Å². The Bertz CT molecular complexity index is 692. The predicted molar refractivity (Wildman–Crippen MR) is 88.7 cm³/mol. The Kier molecular flexibility index (Phi) is 6.01. The predicted octanol–water partition coefficient (Wildman–Crippen LogP) is 3.27. The highest BCUT2D eigenvalue weighted by atomic mass is 32.1. The standard InChI is InChI=1S/C17H18N2O3S/c1-3-21-15-9-13(10-18)6-7-14(15)22-11-17(20)19-12(2)16-5-4-8-23-16/h4-9,12H,3,11H2,1-2H3,(H,19,20). The Morgan fingerprint density at radius 1 is 1.35 bits per heavy atom. The van der Waals surface area contributed by atoms with Gasteiger partial charge in [-0.3, -0.25) is 4.79 Å². The molecule has 120 valence electrons. The first kappa shape index (κ1) is 16.8. The molecule has 0 bridgehead atoms. The van der Waals surface area contributed by atoms with Gasteiger partial charge in [-0.1, -0.05) is 6.07 Å². The average Bonchev–Trinajstić information content (AvgIpc) is 3.08. The van der Waals surface area contributed by atoms with Gasteiger partial charge in [-0.05, 0) is 37.4 Å². The van der Waals surface area contributed by atoms with Gasteiger partial charge in [-0.25, -0.2) is 0 Å². The fourth-order valence-electron chi connectivity index (χ4n) is 2.00. The molecular formula is C17H18N2O3S. The van der Waals surface area contributed by atoms with E-state index < -0.39 is 0 Å². The maximum absolute atomic E-state index is 12.0. The monoisotopic (exact) mass is 330 g/mol. The smallest absolute Gasteiger partial charge is 0.258 e. The van der Waals surface area contributed by atoms with Crippen molar-refractivity contribution >= 4 is 17.2 Å². The number of amides is 1. The van der Waals surface area contributed by atoms with E-state index in [4.69, 9.17) is 14.7 Å². The molecule has 0 fully saturated rings. The second-order valence-electron chi connectivity index (χ2n) is 4.80. The fourth-order valence-corrected chi connectivity index (χ4v) is 2.73. The van der Waals surface area contributed by atoms with Crippen molar-refractivity contribution in [2.75, 3.05) is 13.2 Å². The maximum Gasteiger partial charge on any atom is 0.258 e. The van der Waals surface area contributed by atoms with E-state index in [1.807, 2.05) is 37.4 Å². The number of ether oxygens (including phenoxy) is 2. The summed E-state index contributed by atoms with van der Waals surface area (Å²) < 4.78 is 11.0. The minimum atomic E-state index is -0.210. The molecule has 0 aliphatic heterocycles. The summed E-state index contributed by atoms with van der Waals surface area (Å²) in [6, 6.07) is 10.8. The molecular weight excluding hydrogens is 312 g/mol. The second kappa shape index (κ2) is 8.20. The highest BCUT2D eigenvalue weighted by molar-refractivity contribution is 7.10. The van der Waals surface area contributed by atoms with E-state index in [2.05, 4.69) is 5.32 Å². The number of benzene rings is 1. The molecule has 1 aromatic carbocycles. The van der Waals surface area contributed by atoms with Crippen LogP contribution >= 0.6 is 11.3 Å². The van der Waals surface area contributed by atoms with E-state index in [9.17, 15) is 4.79 Å². The molecule has 0 aliphatic rings. The minimum absolute atomic E-state index is 0.0570. The summed E-state index contributed by atoms with van der Waals surface area (Å²) in [6.45, 7) is 4.11. The van der Waals surface area contributed by atoms with Crippen LogP contribution in [-0.2, 0) is 4.79 Å². The molecule has 1 N–H and O–H groups in total. The third-order valence-electron chi connectivity index (χ3n) is 3.08. The van der Waals surface area contributed by atoms with E-state index in [-0.39, 0.29) is 18.6 Å². The summed E-state index contributed by atoms with van der Waals surface area (Å²) in [5.41, 5.74) is 0.483. The quantitative estimate of drug-likeness (QED) is 0.846. The first-order valence-corrected chi connectivity index (χ1v) is 8.14. The van der Waals surface area contributed by atoms with Crippen LogP contribution in [0.5, 0.6) is 11.5 Å². The highest BCUT2D eigenvalue weighted by Crippen LogP contribution is 2.28. The van der Waals surface area contributed by atoms with Crippen LogP contribution < -0.4 is 14.8 Å². The normalized spacial score (nSPS) is 11.3. The molecule has 5 nitrogen and oxygen atoms in total. The van der Waals surface area contributed by atoms with Gasteiger partial charge in [0.15, 0.2) is 18.1 Å². The van der Waals surface area contributed by atoms with Crippen LogP contribution in [-0.4, -0.2) is 19.1 Å². The Morgan fingerprint density at radius 2 is 2.17 bits per heavy atom. The van der Waals surface area contributed by atoms with E-state index in [1.165, 1.54) is 0 Å². The number of carbonyl (C=O) groups is 1. The van der Waals surface area contributed by atoms with Gasteiger partial charge in [0.2, 0.25) is 0 Å². The molecule has 2 rings (SSSR count). The third kappa shape index (κ3) is 4.73. The molecule has 1 heterocycles. The van der Waals surface area contributed by atoms with Gasteiger partial charge in [0.05, 0.1) is 24.3 Å². The van der Waals surface area contributed by atoms with Crippen molar-refractivity contribution in [2.45, 2.75) is 19.9 Å². The second-order valence-corrected chi connectivity index (χ2v) is 5.78. The van der Waals surface area contributed by atoms with Crippen LogP contribution in [0.1, 0.15) is 30.3 Å². The van der Waals surface area contributed by atoms with Crippen molar-refractivity contribution in [3.63, 3.8) is 0 Å². The molecule has 1 aromatic heterocycles. The summed E-state index contributed by atoms with van der Waals surface area (Å²) in [5, 5.41) is 13.8. The van der Waals surface area contributed by atoms with E-state index in [0.29, 0.717) is 23.7 Å². The number of hydrogen-bond acceptors (Lipinski definition) is 5. The van der Waals surface area contributed by atoms with E-state index in [0.717, 1.165) is 4.88 Å². The molecule has 0 saturated carbocycles. The SMILES string of the molecule is CCOc1cc(C#N)ccc1OCC(=O)NC(C)c1cccs1.